The third kappa shape index (κ3) is 4.37. The lowest BCUT2D eigenvalue weighted by Crippen LogP contribution is -2.25. The van der Waals surface area contributed by atoms with Crippen LogP contribution in [0.25, 0.3) is 0 Å². The minimum atomic E-state index is -0.0334. The van der Waals surface area contributed by atoms with Crippen LogP contribution in [0.2, 0.25) is 0 Å². The number of allylic oxidation sites excluding steroid dienone is 2. The van der Waals surface area contributed by atoms with Crippen molar-refractivity contribution in [3.8, 4) is 5.75 Å². The maximum Gasteiger partial charge on any atom is 0.178 e. The number of ketones is 1. The van der Waals surface area contributed by atoms with E-state index in [-0.39, 0.29) is 5.78 Å². The van der Waals surface area contributed by atoms with Gasteiger partial charge >= 0.3 is 0 Å². The van der Waals surface area contributed by atoms with Gasteiger partial charge in [0.05, 0.1) is 7.11 Å². The average Bonchev–Trinajstić information content (AvgIpc) is 2.67. The van der Waals surface area contributed by atoms with E-state index in [1.807, 2.05) is 56.3 Å². The lowest BCUT2D eigenvalue weighted by Gasteiger charge is -2.29. The Morgan fingerprint density at radius 2 is 1.96 bits per heavy atom. The summed E-state index contributed by atoms with van der Waals surface area (Å²) in [5.41, 5.74) is 4.65. The first-order chi connectivity index (χ1) is 13.0. The zero-order valence-corrected chi connectivity index (χ0v) is 16.2. The monoisotopic (exact) mass is 364 g/mol. The van der Waals surface area contributed by atoms with Crippen LogP contribution in [0.5, 0.6) is 5.75 Å². The van der Waals surface area contributed by atoms with Gasteiger partial charge in [0.2, 0.25) is 0 Å². The fourth-order valence-corrected chi connectivity index (χ4v) is 2.94. The van der Waals surface area contributed by atoms with E-state index in [0.717, 1.165) is 34.0 Å². The first-order valence-electron chi connectivity index (χ1n) is 8.87. The smallest absolute Gasteiger partial charge is 0.178 e. The number of ether oxygens (including phenoxy) is 2. The summed E-state index contributed by atoms with van der Waals surface area (Å²) in [6.45, 7) is 6.76. The van der Waals surface area contributed by atoms with E-state index in [9.17, 15) is 4.79 Å². The molecule has 1 aromatic carbocycles. The number of hydrogen-bond acceptors (Lipinski definition) is 5. The second-order valence-electron chi connectivity index (χ2n) is 6.55. The standard InChI is InChI=1S/C22H24N2O3/c1-15-13-23-21(17(3)25)12-22(15)24-10-9-20(11-16(24)2)27-14-18-5-7-19(26-4)8-6-18/h5-9,11-13H,10,14H2,1-4H3. The molecule has 0 unspecified atom stereocenters. The van der Waals surface area contributed by atoms with Crippen molar-refractivity contribution in [1.29, 1.82) is 0 Å². The molecular weight excluding hydrogens is 340 g/mol. The molecule has 1 aliphatic heterocycles. The number of benzene rings is 1. The van der Waals surface area contributed by atoms with Crippen LogP contribution in [0, 0.1) is 6.92 Å². The van der Waals surface area contributed by atoms with E-state index in [2.05, 4.69) is 9.88 Å². The van der Waals surface area contributed by atoms with E-state index in [4.69, 9.17) is 9.47 Å². The molecule has 0 radical (unpaired) electrons. The van der Waals surface area contributed by atoms with Crippen molar-refractivity contribution in [3.63, 3.8) is 0 Å². The molecule has 3 rings (SSSR count). The number of hydrogen-bond donors (Lipinski definition) is 0. The third-order valence-electron chi connectivity index (χ3n) is 4.54. The molecule has 0 saturated heterocycles. The van der Waals surface area contributed by atoms with Crippen molar-refractivity contribution in [2.24, 2.45) is 0 Å². The van der Waals surface area contributed by atoms with Crippen molar-refractivity contribution in [2.45, 2.75) is 27.4 Å². The number of methoxy groups -OCH3 is 1. The summed E-state index contributed by atoms with van der Waals surface area (Å²) >= 11 is 0. The summed E-state index contributed by atoms with van der Waals surface area (Å²) in [4.78, 5) is 18.0. The van der Waals surface area contributed by atoms with Crippen LogP contribution in [0.1, 0.15) is 35.5 Å². The first kappa shape index (κ1) is 18.7. The van der Waals surface area contributed by atoms with E-state index in [1.165, 1.54) is 6.92 Å². The molecule has 5 nitrogen and oxygen atoms in total. The van der Waals surface area contributed by atoms with Gasteiger partial charge in [0, 0.05) is 31.0 Å². The van der Waals surface area contributed by atoms with Crippen molar-refractivity contribution in [1.82, 2.24) is 4.98 Å². The fourth-order valence-electron chi connectivity index (χ4n) is 2.94. The Kier molecular flexibility index (Phi) is 5.60. The zero-order valence-electron chi connectivity index (χ0n) is 16.2. The normalized spacial score (nSPS) is 13.7. The van der Waals surface area contributed by atoms with E-state index < -0.39 is 0 Å². The van der Waals surface area contributed by atoms with Gasteiger partial charge in [0.1, 0.15) is 23.8 Å². The molecule has 5 heteroatoms. The highest BCUT2D eigenvalue weighted by Gasteiger charge is 2.17. The van der Waals surface area contributed by atoms with Gasteiger partial charge in [0.15, 0.2) is 5.78 Å². The summed E-state index contributed by atoms with van der Waals surface area (Å²) < 4.78 is 11.1. The van der Waals surface area contributed by atoms with E-state index >= 15 is 0 Å². The molecule has 0 saturated carbocycles. The van der Waals surface area contributed by atoms with Crippen molar-refractivity contribution < 1.29 is 14.3 Å². The second-order valence-corrected chi connectivity index (χ2v) is 6.55. The Morgan fingerprint density at radius 1 is 1.22 bits per heavy atom. The predicted molar refractivity (Wildman–Crippen MR) is 106 cm³/mol. The summed E-state index contributed by atoms with van der Waals surface area (Å²) in [5.74, 6) is 1.65. The molecule has 0 amide bonds. The maximum absolute atomic E-state index is 11.7. The third-order valence-corrected chi connectivity index (χ3v) is 4.54. The summed E-state index contributed by atoms with van der Waals surface area (Å²) in [5, 5.41) is 0. The van der Waals surface area contributed by atoms with Gasteiger partial charge < -0.3 is 14.4 Å². The van der Waals surface area contributed by atoms with Gasteiger partial charge in [-0.25, -0.2) is 0 Å². The maximum atomic E-state index is 11.7. The van der Waals surface area contributed by atoms with Gasteiger partial charge in [0.25, 0.3) is 0 Å². The Morgan fingerprint density at radius 3 is 2.59 bits per heavy atom. The van der Waals surface area contributed by atoms with Crippen molar-refractivity contribution in [3.05, 3.63) is 77.0 Å². The van der Waals surface area contributed by atoms with E-state index in [0.29, 0.717) is 18.8 Å². The van der Waals surface area contributed by atoms with Crippen LogP contribution < -0.4 is 9.64 Å². The van der Waals surface area contributed by atoms with Crippen LogP contribution in [-0.2, 0) is 11.3 Å². The van der Waals surface area contributed by atoms with Crippen LogP contribution in [0.3, 0.4) is 0 Å². The van der Waals surface area contributed by atoms with Crippen LogP contribution in [0.4, 0.5) is 5.69 Å². The molecule has 0 atom stereocenters. The van der Waals surface area contributed by atoms with Crippen LogP contribution in [-0.4, -0.2) is 24.4 Å². The SMILES string of the molecule is COc1ccc(COC2=CCN(c3cc(C(C)=O)ncc3C)C(C)=C2)cc1. The minimum absolute atomic E-state index is 0.0334. The molecule has 0 bridgehead atoms. The highest BCUT2D eigenvalue weighted by Crippen LogP contribution is 2.27. The Balaban J connectivity index is 1.69. The summed E-state index contributed by atoms with van der Waals surface area (Å²) in [6, 6.07) is 9.70. The second kappa shape index (κ2) is 8.08. The molecule has 27 heavy (non-hydrogen) atoms. The van der Waals surface area contributed by atoms with Crippen LogP contribution >= 0.6 is 0 Å². The number of pyridine rings is 1. The molecule has 0 fully saturated rings. The van der Waals surface area contributed by atoms with E-state index in [1.54, 1.807) is 13.3 Å². The van der Waals surface area contributed by atoms with Gasteiger partial charge in [-0.3, -0.25) is 9.78 Å². The molecule has 2 heterocycles. The zero-order chi connectivity index (χ0) is 19.4. The number of aromatic nitrogens is 1. The fraction of sp³-hybridized carbons (Fsp3) is 0.273. The van der Waals surface area contributed by atoms with Gasteiger partial charge in [-0.05, 0) is 55.3 Å². The number of Topliss-reactive ketones (excluding diaryl/α,β-unsaturated/α-hetero) is 1. The number of anilines is 1. The first-order valence-corrected chi connectivity index (χ1v) is 8.87. The number of carbonyl (C=O) groups excluding carboxylic acids is 1. The van der Waals surface area contributed by atoms with Gasteiger partial charge in [-0.15, -0.1) is 0 Å². The summed E-state index contributed by atoms with van der Waals surface area (Å²) in [6.07, 6.45) is 5.81. The molecule has 0 spiro atoms. The lowest BCUT2D eigenvalue weighted by molar-refractivity contribution is 0.101. The Hall–Kier alpha value is -3.08. The topological polar surface area (TPSA) is 51.7 Å². The molecule has 2 aromatic rings. The minimum Gasteiger partial charge on any atom is -0.497 e. The molecule has 0 aliphatic carbocycles. The average molecular weight is 364 g/mol. The molecule has 140 valence electrons. The Labute approximate surface area is 159 Å². The number of carbonyl (C=O) groups is 1. The predicted octanol–water partition coefficient (Wildman–Crippen LogP) is 4.43. The quantitative estimate of drug-likeness (QED) is 0.710. The number of rotatable bonds is 6. The largest absolute Gasteiger partial charge is 0.497 e. The Bertz CT molecular complexity index is 898. The lowest BCUT2D eigenvalue weighted by atomic mass is 10.1. The highest BCUT2D eigenvalue weighted by atomic mass is 16.5. The van der Waals surface area contributed by atoms with Crippen molar-refractivity contribution >= 4 is 11.5 Å². The number of nitrogens with zero attached hydrogens (tertiary/aromatic N) is 2. The molecule has 0 N–H and O–H groups in total. The molecule has 1 aromatic heterocycles. The van der Waals surface area contributed by atoms with Gasteiger partial charge in [-0.2, -0.15) is 0 Å². The highest BCUT2D eigenvalue weighted by molar-refractivity contribution is 5.93. The number of aryl methyl sites for hydroxylation is 1. The summed E-state index contributed by atoms with van der Waals surface area (Å²) in [7, 11) is 1.65. The van der Waals surface area contributed by atoms with Gasteiger partial charge in [-0.1, -0.05) is 12.1 Å². The molecule has 1 aliphatic rings. The van der Waals surface area contributed by atoms with Crippen LogP contribution in [0.15, 0.2) is 60.1 Å². The molecular formula is C22H24N2O3. The van der Waals surface area contributed by atoms with Crippen molar-refractivity contribution in [2.75, 3.05) is 18.6 Å².